The first-order valence-corrected chi connectivity index (χ1v) is 6.63. The van der Waals surface area contributed by atoms with Crippen molar-refractivity contribution in [3.63, 3.8) is 0 Å². The third-order valence-electron chi connectivity index (χ3n) is 1.78. The second-order valence-electron chi connectivity index (χ2n) is 2.96. The van der Waals surface area contributed by atoms with Crippen LogP contribution in [0.2, 0.25) is 0 Å². The first kappa shape index (κ1) is 12.0. The van der Waals surface area contributed by atoms with Crippen molar-refractivity contribution >= 4 is 25.6 Å². The molecule has 0 aliphatic heterocycles. The number of hydrogen-bond donors (Lipinski definition) is 1. The molecule has 1 amide bonds. The fraction of sp³-hybridized carbons (Fsp3) is 0.222. The van der Waals surface area contributed by atoms with E-state index < -0.39 is 9.05 Å². The van der Waals surface area contributed by atoms with E-state index in [9.17, 15) is 13.2 Å². The quantitative estimate of drug-likeness (QED) is 0.814. The molecule has 0 aromatic heterocycles. The topological polar surface area (TPSA) is 63.2 Å². The maximum atomic E-state index is 11.2. The van der Waals surface area contributed by atoms with Crippen molar-refractivity contribution in [1.29, 1.82) is 0 Å². The smallest absolute Gasteiger partial charge is 0.251 e. The van der Waals surface area contributed by atoms with Crippen molar-refractivity contribution in [2.24, 2.45) is 0 Å². The van der Waals surface area contributed by atoms with Gasteiger partial charge < -0.3 is 5.32 Å². The van der Waals surface area contributed by atoms with Gasteiger partial charge >= 0.3 is 0 Å². The Morgan fingerprint density at radius 2 is 1.87 bits per heavy atom. The van der Waals surface area contributed by atoms with Crippen LogP contribution in [0, 0.1) is 0 Å². The van der Waals surface area contributed by atoms with Crippen molar-refractivity contribution < 1.29 is 13.2 Å². The molecule has 0 unspecified atom stereocenters. The fourth-order valence-corrected chi connectivity index (χ4v) is 2.06. The minimum atomic E-state index is -3.54. The van der Waals surface area contributed by atoms with Crippen LogP contribution in [-0.2, 0) is 14.8 Å². The van der Waals surface area contributed by atoms with Gasteiger partial charge in [0.05, 0.1) is 5.75 Å². The summed E-state index contributed by atoms with van der Waals surface area (Å²) in [5, 5.41) is 2.47. The lowest BCUT2D eigenvalue weighted by molar-refractivity contribution is 0.0963. The molecule has 0 saturated carbocycles. The van der Waals surface area contributed by atoms with Crippen LogP contribution in [0.5, 0.6) is 0 Å². The van der Waals surface area contributed by atoms with Gasteiger partial charge in [-0.2, -0.15) is 0 Å². The van der Waals surface area contributed by atoms with Gasteiger partial charge in [-0.15, -0.1) is 0 Å². The second-order valence-corrected chi connectivity index (χ2v) is 5.74. The summed E-state index contributed by atoms with van der Waals surface area (Å²) in [6.45, 7) is 0. The van der Waals surface area contributed by atoms with Gasteiger partial charge in [0.1, 0.15) is 0 Å². The zero-order valence-electron chi connectivity index (χ0n) is 8.03. The number of carbonyl (C=O) groups is 1. The zero-order valence-corrected chi connectivity index (χ0v) is 9.60. The van der Waals surface area contributed by atoms with E-state index in [0.717, 1.165) is 0 Å². The average molecular weight is 248 g/mol. The van der Waals surface area contributed by atoms with Crippen LogP contribution in [0.15, 0.2) is 24.3 Å². The largest absolute Gasteiger partial charge is 0.355 e. The first-order chi connectivity index (χ1) is 6.92. The van der Waals surface area contributed by atoms with E-state index >= 15 is 0 Å². The Balaban J connectivity index is 2.86. The summed E-state index contributed by atoms with van der Waals surface area (Å²) in [5.41, 5.74) is 1.03. The molecular formula is C9H10ClNO3S. The molecule has 0 saturated heterocycles. The standard InChI is InChI=1S/C9H10ClNO3S/c1-11-9(12)8-4-2-7(3-5-8)6-15(10,13)14/h2-5H,6H2,1H3,(H,11,12). The molecule has 0 atom stereocenters. The highest BCUT2D eigenvalue weighted by atomic mass is 35.7. The van der Waals surface area contributed by atoms with Gasteiger partial charge in [0.2, 0.25) is 9.05 Å². The van der Waals surface area contributed by atoms with Crippen molar-refractivity contribution in [3.8, 4) is 0 Å². The number of nitrogens with one attached hydrogen (secondary N) is 1. The van der Waals surface area contributed by atoms with Crippen LogP contribution in [0.4, 0.5) is 0 Å². The van der Waals surface area contributed by atoms with E-state index in [1.807, 2.05) is 0 Å². The predicted octanol–water partition coefficient (Wildman–Crippen LogP) is 1.11. The Bertz CT molecular complexity index is 453. The zero-order chi connectivity index (χ0) is 11.5. The highest BCUT2D eigenvalue weighted by Gasteiger charge is 2.08. The maximum absolute atomic E-state index is 11.2. The molecular weight excluding hydrogens is 238 g/mol. The molecule has 1 aromatic rings. The van der Waals surface area contributed by atoms with E-state index in [0.29, 0.717) is 11.1 Å². The molecule has 0 spiro atoms. The molecule has 1 aromatic carbocycles. The number of rotatable bonds is 3. The maximum Gasteiger partial charge on any atom is 0.251 e. The van der Waals surface area contributed by atoms with Crippen LogP contribution in [0.3, 0.4) is 0 Å². The summed E-state index contributed by atoms with van der Waals surface area (Å²) in [6.07, 6.45) is 0. The molecule has 6 heteroatoms. The van der Waals surface area contributed by atoms with Crippen LogP contribution >= 0.6 is 10.7 Å². The van der Waals surface area contributed by atoms with Gasteiger partial charge in [-0.3, -0.25) is 4.79 Å². The van der Waals surface area contributed by atoms with E-state index in [-0.39, 0.29) is 11.7 Å². The summed E-state index contributed by atoms with van der Waals surface area (Å²) < 4.78 is 21.5. The molecule has 1 rings (SSSR count). The van der Waals surface area contributed by atoms with E-state index in [4.69, 9.17) is 10.7 Å². The Morgan fingerprint density at radius 1 is 1.33 bits per heavy atom. The first-order valence-electron chi connectivity index (χ1n) is 4.16. The molecule has 0 heterocycles. The van der Waals surface area contributed by atoms with Gasteiger partial charge in [0.15, 0.2) is 0 Å². The van der Waals surface area contributed by atoms with E-state index in [2.05, 4.69) is 5.32 Å². The van der Waals surface area contributed by atoms with Gasteiger partial charge in [0, 0.05) is 23.3 Å². The minimum absolute atomic E-state index is 0.213. The summed E-state index contributed by atoms with van der Waals surface area (Å²) in [4.78, 5) is 11.2. The Labute approximate surface area is 92.7 Å². The summed E-state index contributed by atoms with van der Waals surface area (Å²) >= 11 is 0. The third kappa shape index (κ3) is 3.89. The van der Waals surface area contributed by atoms with E-state index in [1.54, 1.807) is 24.3 Å². The molecule has 1 N–H and O–H groups in total. The molecule has 0 bridgehead atoms. The Kier molecular flexibility index (Phi) is 3.71. The molecule has 4 nitrogen and oxygen atoms in total. The molecule has 0 aliphatic carbocycles. The average Bonchev–Trinajstić information content (AvgIpc) is 2.15. The number of carbonyl (C=O) groups excluding carboxylic acids is 1. The van der Waals surface area contributed by atoms with Gasteiger partial charge in [-0.05, 0) is 17.7 Å². The molecule has 82 valence electrons. The summed E-state index contributed by atoms with van der Waals surface area (Å²) in [6, 6.07) is 6.22. The number of hydrogen-bond acceptors (Lipinski definition) is 3. The molecule has 0 fully saturated rings. The van der Waals surface area contributed by atoms with Crippen LogP contribution < -0.4 is 5.32 Å². The summed E-state index contributed by atoms with van der Waals surface area (Å²) in [7, 11) is 3.07. The van der Waals surface area contributed by atoms with Crippen LogP contribution in [-0.4, -0.2) is 21.4 Å². The van der Waals surface area contributed by atoms with E-state index in [1.165, 1.54) is 7.05 Å². The van der Waals surface area contributed by atoms with Gasteiger partial charge in [0.25, 0.3) is 5.91 Å². The highest BCUT2D eigenvalue weighted by Crippen LogP contribution is 2.10. The molecule has 0 radical (unpaired) electrons. The van der Waals surface area contributed by atoms with Crippen molar-refractivity contribution in [2.45, 2.75) is 5.75 Å². The highest BCUT2D eigenvalue weighted by molar-refractivity contribution is 8.13. The lowest BCUT2D eigenvalue weighted by atomic mass is 10.1. The fourth-order valence-electron chi connectivity index (χ4n) is 1.10. The second kappa shape index (κ2) is 4.63. The lowest BCUT2D eigenvalue weighted by Gasteiger charge is -2.01. The normalized spacial score (nSPS) is 11.1. The molecule has 0 aliphatic rings. The Hall–Kier alpha value is -1.07. The van der Waals surface area contributed by atoms with Gasteiger partial charge in [-0.1, -0.05) is 12.1 Å². The number of halogens is 1. The summed E-state index contributed by atoms with van der Waals surface area (Å²) in [5.74, 6) is -0.446. The van der Waals surface area contributed by atoms with Crippen LogP contribution in [0.1, 0.15) is 15.9 Å². The van der Waals surface area contributed by atoms with Crippen molar-refractivity contribution in [3.05, 3.63) is 35.4 Å². The lowest BCUT2D eigenvalue weighted by Crippen LogP contribution is -2.17. The minimum Gasteiger partial charge on any atom is -0.355 e. The number of amides is 1. The Morgan fingerprint density at radius 3 is 2.27 bits per heavy atom. The third-order valence-corrected chi connectivity index (χ3v) is 2.79. The van der Waals surface area contributed by atoms with Crippen LogP contribution in [0.25, 0.3) is 0 Å². The molecule has 15 heavy (non-hydrogen) atoms. The van der Waals surface area contributed by atoms with Gasteiger partial charge in [-0.25, -0.2) is 8.42 Å². The monoisotopic (exact) mass is 247 g/mol. The van der Waals surface area contributed by atoms with Crippen molar-refractivity contribution in [2.75, 3.05) is 7.05 Å². The van der Waals surface area contributed by atoms with Crippen molar-refractivity contribution in [1.82, 2.24) is 5.32 Å². The number of benzene rings is 1. The SMILES string of the molecule is CNC(=O)c1ccc(CS(=O)(=O)Cl)cc1. The predicted molar refractivity (Wildman–Crippen MR) is 58.3 cm³/mol.